The van der Waals surface area contributed by atoms with Crippen LogP contribution < -0.4 is 11.1 Å². The van der Waals surface area contributed by atoms with E-state index in [1.54, 1.807) is 0 Å². The first kappa shape index (κ1) is 17.7. The molecular formula is C17H19F3N6O. The van der Waals surface area contributed by atoms with Crippen LogP contribution in [0.15, 0.2) is 18.6 Å². The maximum absolute atomic E-state index is 15.0. The average Bonchev–Trinajstić information content (AvgIpc) is 3.27. The lowest BCUT2D eigenvalue weighted by atomic mass is 9.91. The van der Waals surface area contributed by atoms with Crippen LogP contribution in [0.2, 0.25) is 0 Å². The Hall–Kier alpha value is -2.75. The number of aromatic hydroxyl groups is 1. The molecule has 0 spiro atoms. The second kappa shape index (κ2) is 6.76. The van der Waals surface area contributed by atoms with Gasteiger partial charge in [0, 0.05) is 35.4 Å². The van der Waals surface area contributed by atoms with Crippen molar-refractivity contribution in [2.24, 2.45) is 5.73 Å². The molecule has 0 saturated heterocycles. The standard InChI is InChI=1S/C17H19F3N6O/c18-13-9-6-22-16(27)12(9)14(8-5-23-26(7-8)17(19)20)25-15(13)24-11-4-2-1-3-10(11)21/h5-7,10-11,17,22,24,27H,1-4,21H2/t10-,11+/m0/s1. The van der Waals surface area contributed by atoms with E-state index in [9.17, 15) is 18.3 Å². The minimum atomic E-state index is -2.81. The van der Waals surface area contributed by atoms with E-state index in [-0.39, 0.29) is 45.8 Å². The first-order valence-corrected chi connectivity index (χ1v) is 8.70. The Balaban J connectivity index is 1.81. The van der Waals surface area contributed by atoms with Gasteiger partial charge in [-0.05, 0) is 12.8 Å². The molecule has 1 fully saturated rings. The third-order valence-electron chi connectivity index (χ3n) is 4.98. The van der Waals surface area contributed by atoms with Crippen molar-refractivity contribution in [3.05, 3.63) is 24.4 Å². The molecule has 5 N–H and O–H groups in total. The Morgan fingerprint density at radius 3 is 2.81 bits per heavy atom. The lowest BCUT2D eigenvalue weighted by molar-refractivity contribution is 0.0566. The van der Waals surface area contributed by atoms with Crippen LogP contribution in [0.5, 0.6) is 5.88 Å². The zero-order chi connectivity index (χ0) is 19.1. The molecule has 0 aliphatic heterocycles. The summed E-state index contributed by atoms with van der Waals surface area (Å²) in [4.78, 5) is 6.83. The number of rotatable bonds is 4. The van der Waals surface area contributed by atoms with Crippen molar-refractivity contribution >= 4 is 16.6 Å². The van der Waals surface area contributed by atoms with E-state index in [0.717, 1.165) is 31.9 Å². The van der Waals surface area contributed by atoms with E-state index in [2.05, 4.69) is 20.4 Å². The predicted octanol–water partition coefficient (Wildman–Crippen LogP) is 3.35. The highest BCUT2D eigenvalue weighted by Crippen LogP contribution is 2.37. The van der Waals surface area contributed by atoms with Gasteiger partial charge < -0.3 is 21.1 Å². The van der Waals surface area contributed by atoms with Gasteiger partial charge in [0.05, 0.1) is 17.3 Å². The molecule has 1 saturated carbocycles. The summed E-state index contributed by atoms with van der Waals surface area (Å²) in [6, 6.07) is -0.261. The molecule has 0 amide bonds. The summed E-state index contributed by atoms with van der Waals surface area (Å²) >= 11 is 0. The summed E-state index contributed by atoms with van der Waals surface area (Å²) < 4.78 is 41.2. The molecule has 0 radical (unpaired) electrons. The molecule has 3 aromatic rings. The number of fused-ring (bicyclic) bond motifs is 1. The van der Waals surface area contributed by atoms with E-state index in [1.807, 2.05) is 0 Å². The number of nitrogens with two attached hydrogens (primary N) is 1. The quantitative estimate of drug-likeness (QED) is 0.556. The number of halogens is 3. The normalized spacial score (nSPS) is 20.5. The van der Waals surface area contributed by atoms with Crippen molar-refractivity contribution in [3.8, 4) is 17.1 Å². The van der Waals surface area contributed by atoms with Crippen LogP contribution in [0.3, 0.4) is 0 Å². The van der Waals surface area contributed by atoms with Crippen molar-refractivity contribution in [2.45, 2.75) is 44.3 Å². The van der Waals surface area contributed by atoms with Crippen LogP contribution >= 0.6 is 0 Å². The smallest absolute Gasteiger partial charge is 0.333 e. The van der Waals surface area contributed by atoms with Crippen molar-refractivity contribution in [3.63, 3.8) is 0 Å². The summed E-state index contributed by atoms with van der Waals surface area (Å²) in [5, 5.41) is 16.9. The number of aromatic nitrogens is 4. The number of alkyl halides is 2. The molecule has 3 aromatic heterocycles. The van der Waals surface area contributed by atoms with Gasteiger partial charge >= 0.3 is 6.55 Å². The maximum atomic E-state index is 15.0. The Bertz CT molecular complexity index is 969. The van der Waals surface area contributed by atoms with Gasteiger partial charge in [0.1, 0.15) is 0 Å². The lowest BCUT2D eigenvalue weighted by Crippen LogP contribution is -2.43. The van der Waals surface area contributed by atoms with Gasteiger partial charge in [0.2, 0.25) is 0 Å². The van der Waals surface area contributed by atoms with Crippen LogP contribution in [-0.4, -0.2) is 36.9 Å². The van der Waals surface area contributed by atoms with Gasteiger partial charge in [-0.3, -0.25) is 0 Å². The number of hydrogen-bond donors (Lipinski definition) is 4. The third kappa shape index (κ3) is 3.09. The number of nitrogens with zero attached hydrogens (tertiary/aromatic N) is 3. The molecule has 27 heavy (non-hydrogen) atoms. The fraction of sp³-hybridized carbons (Fsp3) is 0.412. The summed E-state index contributed by atoms with van der Waals surface area (Å²) in [5.41, 5.74) is 6.52. The Morgan fingerprint density at radius 1 is 1.33 bits per heavy atom. The van der Waals surface area contributed by atoms with Gasteiger partial charge in [0.25, 0.3) is 0 Å². The summed E-state index contributed by atoms with van der Waals surface area (Å²) in [5.74, 6) is -0.954. The third-order valence-corrected chi connectivity index (χ3v) is 4.98. The fourth-order valence-electron chi connectivity index (χ4n) is 3.56. The van der Waals surface area contributed by atoms with Crippen LogP contribution in [-0.2, 0) is 0 Å². The molecule has 0 bridgehead atoms. The van der Waals surface area contributed by atoms with Crippen LogP contribution in [0.1, 0.15) is 32.2 Å². The largest absolute Gasteiger partial charge is 0.494 e. The Labute approximate surface area is 152 Å². The minimum absolute atomic E-state index is 0.0244. The molecule has 4 rings (SSSR count). The highest BCUT2D eigenvalue weighted by atomic mass is 19.3. The van der Waals surface area contributed by atoms with Gasteiger partial charge in [-0.15, -0.1) is 0 Å². The Kier molecular flexibility index (Phi) is 4.42. The summed E-state index contributed by atoms with van der Waals surface area (Å²) in [6.45, 7) is -2.81. The van der Waals surface area contributed by atoms with Crippen LogP contribution in [0.25, 0.3) is 22.0 Å². The van der Waals surface area contributed by atoms with E-state index in [1.165, 1.54) is 12.4 Å². The summed E-state index contributed by atoms with van der Waals surface area (Å²) in [6.07, 6.45) is 7.25. The number of hydrogen-bond acceptors (Lipinski definition) is 5. The monoisotopic (exact) mass is 380 g/mol. The average molecular weight is 380 g/mol. The minimum Gasteiger partial charge on any atom is -0.494 e. The second-order valence-electron chi connectivity index (χ2n) is 6.73. The molecule has 1 aliphatic carbocycles. The van der Waals surface area contributed by atoms with Crippen molar-refractivity contribution in [1.29, 1.82) is 0 Å². The number of nitrogens with one attached hydrogen (secondary N) is 2. The molecule has 2 atom stereocenters. The number of H-pyrrole nitrogens is 1. The van der Waals surface area contributed by atoms with E-state index >= 15 is 0 Å². The summed E-state index contributed by atoms with van der Waals surface area (Å²) in [7, 11) is 0. The van der Waals surface area contributed by atoms with Gasteiger partial charge in [0.15, 0.2) is 17.5 Å². The fourth-order valence-corrected chi connectivity index (χ4v) is 3.56. The predicted molar refractivity (Wildman–Crippen MR) is 94.0 cm³/mol. The molecule has 0 aromatic carbocycles. The molecule has 0 unspecified atom stereocenters. The molecule has 10 heteroatoms. The zero-order valence-corrected chi connectivity index (χ0v) is 14.3. The Morgan fingerprint density at radius 2 is 2.11 bits per heavy atom. The van der Waals surface area contributed by atoms with E-state index < -0.39 is 12.4 Å². The van der Waals surface area contributed by atoms with E-state index in [0.29, 0.717) is 4.68 Å². The maximum Gasteiger partial charge on any atom is 0.333 e. The zero-order valence-electron chi connectivity index (χ0n) is 14.3. The van der Waals surface area contributed by atoms with Crippen LogP contribution in [0, 0.1) is 5.82 Å². The molecule has 3 heterocycles. The molecule has 144 valence electrons. The molecular weight excluding hydrogens is 361 g/mol. The van der Waals surface area contributed by atoms with E-state index in [4.69, 9.17) is 5.73 Å². The number of anilines is 1. The first-order chi connectivity index (χ1) is 13.0. The topological polar surface area (TPSA) is 105 Å². The number of aromatic amines is 1. The van der Waals surface area contributed by atoms with Gasteiger partial charge in [-0.1, -0.05) is 12.8 Å². The number of pyridine rings is 1. The van der Waals surface area contributed by atoms with Gasteiger partial charge in [-0.2, -0.15) is 13.9 Å². The molecule has 7 nitrogen and oxygen atoms in total. The SMILES string of the molecule is N[C@H]1CCCC[C@H]1Nc1nc(-c2cnn(C(F)F)c2)c2c(O)[nH]cc2c1F. The highest BCUT2D eigenvalue weighted by Gasteiger charge is 2.26. The molecule has 1 aliphatic rings. The lowest BCUT2D eigenvalue weighted by Gasteiger charge is -2.30. The first-order valence-electron chi connectivity index (χ1n) is 8.70. The van der Waals surface area contributed by atoms with Crippen molar-refractivity contribution in [2.75, 3.05) is 5.32 Å². The van der Waals surface area contributed by atoms with Gasteiger partial charge in [-0.25, -0.2) is 14.1 Å². The second-order valence-corrected chi connectivity index (χ2v) is 6.73. The van der Waals surface area contributed by atoms with Crippen molar-refractivity contribution < 1.29 is 18.3 Å². The van der Waals surface area contributed by atoms with Crippen LogP contribution in [0.4, 0.5) is 19.0 Å². The van der Waals surface area contributed by atoms with Crippen molar-refractivity contribution in [1.82, 2.24) is 19.7 Å². The highest BCUT2D eigenvalue weighted by molar-refractivity contribution is 6.00.